The number of para-hydroxylation sites is 1. The molecule has 0 aromatic heterocycles. The quantitative estimate of drug-likeness (QED) is 0.0518. The standard InChI is InChI=1S/C36H49N3O5.2C2HF3O2/c40-27-30-25-29(17-18-34(30)41)35(42)26-37-21-11-4-2-1-3-5-12-22-39-23-19-31(20-24-39)44-36(43)38-33-16-10-9-15-32(33)28-13-7-6-8-14-28;2*3-2(4,5)1(6)7/h6-10,13-18,25,31,35,37,40-42H,1-5,11-12,19-24,26-27H2,(H,38,43);2*(H,6,7)/t35-;;/m0../s1. The van der Waals surface area contributed by atoms with Crippen LogP contribution in [0.3, 0.4) is 0 Å². The maximum atomic E-state index is 12.7. The van der Waals surface area contributed by atoms with E-state index in [0.29, 0.717) is 17.7 Å². The molecular formula is C40H51F6N3O9. The van der Waals surface area contributed by atoms with Crippen LogP contribution in [0.1, 0.15) is 75.0 Å². The van der Waals surface area contributed by atoms with Crippen molar-refractivity contribution >= 4 is 23.7 Å². The average Bonchev–Trinajstić information content (AvgIpc) is 3.18. The number of aliphatic carboxylic acids is 2. The van der Waals surface area contributed by atoms with Gasteiger partial charge in [0.15, 0.2) is 0 Å². The van der Waals surface area contributed by atoms with Crippen molar-refractivity contribution in [2.75, 3.05) is 38.0 Å². The van der Waals surface area contributed by atoms with Crippen LogP contribution in [0.5, 0.6) is 5.75 Å². The number of unbranched alkanes of at least 4 members (excludes halogenated alkanes) is 6. The zero-order chi connectivity index (χ0) is 43.1. The van der Waals surface area contributed by atoms with Crippen molar-refractivity contribution in [1.82, 2.24) is 10.2 Å². The molecule has 0 spiro atoms. The smallest absolute Gasteiger partial charge is 0.490 e. The van der Waals surface area contributed by atoms with Gasteiger partial charge in [-0.15, -0.1) is 0 Å². The van der Waals surface area contributed by atoms with Gasteiger partial charge >= 0.3 is 30.4 Å². The SMILES string of the molecule is O=C(Nc1ccccc1-c1ccccc1)OC1CCN(CCCCCCCCCNC[C@H](O)c2ccc(O)c(CO)c2)CC1.O=C(O)C(F)(F)F.O=C(O)C(F)(F)F. The minimum Gasteiger partial charge on any atom is -0.508 e. The Morgan fingerprint density at radius 2 is 1.31 bits per heavy atom. The molecule has 1 atom stereocenters. The molecule has 3 aromatic rings. The van der Waals surface area contributed by atoms with Crippen molar-refractivity contribution in [1.29, 1.82) is 0 Å². The molecule has 4 rings (SSSR count). The van der Waals surface area contributed by atoms with Crippen molar-refractivity contribution in [2.45, 2.75) is 89.0 Å². The van der Waals surface area contributed by atoms with Crippen LogP contribution in [0, 0.1) is 0 Å². The molecule has 58 heavy (non-hydrogen) atoms. The summed E-state index contributed by atoms with van der Waals surface area (Å²) in [7, 11) is 0. The number of aliphatic hydroxyl groups excluding tert-OH is 2. The van der Waals surface area contributed by atoms with E-state index in [1.165, 1.54) is 44.6 Å². The van der Waals surface area contributed by atoms with Crippen LogP contribution in [0.15, 0.2) is 72.8 Å². The van der Waals surface area contributed by atoms with Crippen LogP contribution < -0.4 is 10.6 Å². The van der Waals surface area contributed by atoms with Gasteiger partial charge in [0.1, 0.15) is 11.9 Å². The Morgan fingerprint density at radius 3 is 1.88 bits per heavy atom. The van der Waals surface area contributed by atoms with E-state index in [2.05, 4.69) is 15.5 Å². The lowest BCUT2D eigenvalue weighted by atomic mass is 10.0. The molecule has 1 fully saturated rings. The lowest BCUT2D eigenvalue weighted by Gasteiger charge is -2.31. The second-order valence-electron chi connectivity index (χ2n) is 13.3. The number of carbonyl (C=O) groups excluding carboxylic acids is 1. The number of aromatic hydroxyl groups is 1. The highest BCUT2D eigenvalue weighted by atomic mass is 19.4. The number of rotatable bonds is 17. The number of nitrogens with one attached hydrogen (secondary N) is 2. The van der Waals surface area contributed by atoms with Crippen LogP contribution in [0.25, 0.3) is 11.1 Å². The number of phenols is 1. The number of hydrogen-bond donors (Lipinski definition) is 7. The lowest BCUT2D eigenvalue weighted by Crippen LogP contribution is -2.38. The second-order valence-corrected chi connectivity index (χ2v) is 13.3. The van der Waals surface area contributed by atoms with E-state index in [-0.39, 0.29) is 24.6 Å². The van der Waals surface area contributed by atoms with Gasteiger partial charge < -0.3 is 40.5 Å². The number of aliphatic hydroxyl groups is 2. The summed E-state index contributed by atoms with van der Waals surface area (Å²) in [4.78, 5) is 32.9. The van der Waals surface area contributed by atoms with Gasteiger partial charge in [0.25, 0.3) is 0 Å². The number of ether oxygens (including phenoxy) is 1. The van der Waals surface area contributed by atoms with Gasteiger partial charge in [-0.3, -0.25) is 5.32 Å². The number of nitrogens with zero attached hydrogens (tertiary/aromatic N) is 1. The first-order valence-corrected chi connectivity index (χ1v) is 18.7. The molecule has 1 aliphatic rings. The molecule has 0 aliphatic carbocycles. The zero-order valence-electron chi connectivity index (χ0n) is 31.8. The molecule has 18 heteroatoms. The highest BCUT2D eigenvalue weighted by Gasteiger charge is 2.39. The third kappa shape index (κ3) is 19.5. The summed E-state index contributed by atoms with van der Waals surface area (Å²) < 4.78 is 69.2. The molecule has 12 nitrogen and oxygen atoms in total. The first-order valence-electron chi connectivity index (χ1n) is 18.7. The van der Waals surface area contributed by atoms with Crippen molar-refractivity contribution in [3.05, 3.63) is 83.9 Å². The molecule has 1 amide bonds. The summed E-state index contributed by atoms with van der Waals surface area (Å²) >= 11 is 0. The molecule has 1 heterocycles. The number of carboxylic acids is 2. The van der Waals surface area contributed by atoms with E-state index >= 15 is 0 Å². The molecule has 0 bridgehead atoms. The largest absolute Gasteiger partial charge is 0.508 e. The maximum Gasteiger partial charge on any atom is 0.490 e. The lowest BCUT2D eigenvalue weighted by molar-refractivity contribution is -0.193. The number of benzene rings is 3. The van der Waals surface area contributed by atoms with Crippen LogP contribution in [-0.4, -0.2) is 99.6 Å². The molecule has 0 saturated carbocycles. The first kappa shape index (κ1) is 49.2. The Balaban J connectivity index is 0.000000707. The summed E-state index contributed by atoms with van der Waals surface area (Å²) in [5.41, 5.74) is 3.93. The van der Waals surface area contributed by atoms with E-state index in [1.807, 2.05) is 54.6 Å². The van der Waals surface area contributed by atoms with Gasteiger partial charge in [-0.2, -0.15) is 26.3 Å². The fraction of sp³-hybridized carbons (Fsp3) is 0.475. The number of amides is 1. The van der Waals surface area contributed by atoms with Crippen LogP contribution >= 0.6 is 0 Å². The number of alkyl halides is 6. The summed E-state index contributed by atoms with van der Waals surface area (Å²) in [6, 6.07) is 22.7. The van der Waals surface area contributed by atoms with E-state index < -0.39 is 30.4 Å². The van der Waals surface area contributed by atoms with E-state index in [1.54, 1.807) is 12.1 Å². The first-order chi connectivity index (χ1) is 27.4. The predicted molar refractivity (Wildman–Crippen MR) is 203 cm³/mol. The van der Waals surface area contributed by atoms with Crippen molar-refractivity contribution in [2.24, 2.45) is 0 Å². The summed E-state index contributed by atoms with van der Waals surface area (Å²) in [6.45, 7) is 4.11. The van der Waals surface area contributed by atoms with Gasteiger partial charge in [0, 0.05) is 30.8 Å². The van der Waals surface area contributed by atoms with Crippen LogP contribution in [0.2, 0.25) is 0 Å². The number of hydrogen-bond acceptors (Lipinski definition) is 9. The minimum absolute atomic E-state index is 0.0418. The van der Waals surface area contributed by atoms with Gasteiger partial charge in [-0.05, 0) is 68.1 Å². The van der Waals surface area contributed by atoms with Crippen molar-refractivity contribution in [3.8, 4) is 16.9 Å². The average molecular weight is 832 g/mol. The third-order valence-corrected chi connectivity index (χ3v) is 8.87. The highest BCUT2D eigenvalue weighted by Crippen LogP contribution is 2.28. The number of carbonyl (C=O) groups is 3. The molecule has 7 N–H and O–H groups in total. The molecule has 322 valence electrons. The fourth-order valence-electron chi connectivity index (χ4n) is 5.77. The Labute approximate surface area is 332 Å². The molecule has 0 unspecified atom stereocenters. The van der Waals surface area contributed by atoms with E-state index in [4.69, 9.17) is 24.5 Å². The third-order valence-electron chi connectivity index (χ3n) is 8.87. The van der Waals surface area contributed by atoms with Crippen LogP contribution in [-0.2, 0) is 20.9 Å². The summed E-state index contributed by atoms with van der Waals surface area (Å²) in [6.07, 6.45) is -1.07. The molecule has 1 aliphatic heterocycles. The van der Waals surface area contributed by atoms with E-state index in [9.17, 15) is 46.5 Å². The zero-order valence-corrected chi connectivity index (χ0v) is 31.8. The Bertz CT molecular complexity index is 1650. The Kier molecular flexibility index (Phi) is 21.6. The maximum absolute atomic E-state index is 12.7. The number of halogens is 6. The number of carboxylic acid groups (broad SMARTS) is 2. The van der Waals surface area contributed by atoms with E-state index in [0.717, 1.165) is 62.3 Å². The monoisotopic (exact) mass is 831 g/mol. The van der Waals surface area contributed by atoms with Crippen molar-refractivity contribution < 1.29 is 71.0 Å². The predicted octanol–water partition coefficient (Wildman–Crippen LogP) is 7.88. The van der Waals surface area contributed by atoms with Gasteiger partial charge in [-0.1, -0.05) is 86.7 Å². The van der Waals surface area contributed by atoms with Gasteiger partial charge in [0.2, 0.25) is 0 Å². The topological polar surface area (TPSA) is 189 Å². The number of likely N-dealkylation sites (tertiary alicyclic amines) is 1. The minimum atomic E-state index is -5.08. The summed E-state index contributed by atoms with van der Waals surface area (Å²) in [5, 5.41) is 49.8. The molecule has 1 saturated heterocycles. The second kappa shape index (κ2) is 25.5. The number of piperidine rings is 1. The molecule has 0 radical (unpaired) electrons. The van der Waals surface area contributed by atoms with Crippen molar-refractivity contribution in [3.63, 3.8) is 0 Å². The molecule has 3 aromatic carbocycles. The fourth-order valence-corrected chi connectivity index (χ4v) is 5.77. The van der Waals surface area contributed by atoms with Gasteiger partial charge in [0.05, 0.1) is 18.4 Å². The van der Waals surface area contributed by atoms with Gasteiger partial charge in [-0.25, -0.2) is 14.4 Å². The normalized spacial score (nSPS) is 13.9. The Hall–Kier alpha value is -4.91. The highest BCUT2D eigenvalue weighted by molar-refractivity contribution is 5.91. The number of anilines is 1. The Morgan fingerprint density at radius 1 is 0.776 bits per heavy atom. The van der Waals surface area contributed by atoms with Crippen LogP contribution in [0.4, 0.5) is 36.8 Å². The summed E-state index contributed by atoms with van der Waals surface area (Å²) in [5.74, 6) is -5.47. The molecular weight excluding hydrogens is 780 g/mol.